The zero-order valence-corrected chi connectivity index (χ0v) is 10.4. The van der Waals surface area contributed by atoms with Gasteiger partial charge in [0.05, 0.1) is 29.9 Å². The van der Waals surface area contributed by atoms with Gasteiger partial charge in [-0.1, -0.05) is 0 Å². The zero-order valence-electron chi connectivity index (χ0n) is 10.4. The summed E-state index contributed by atoms with van der Waals surface area (Å²) in [6.45, 7) is 0. The van der Waals surface area contributed by atoms with Gasteiger partial charge in [-0.05, 0) is 30.7 Å². The van der Waals surface area contributed by atoms with E-state index in [9.17, 15) is 9.59 Å². The molecule has 102 valence electrons. The van der Waals surface area contributed by atoms with E-state index >= 15 is 0 Å². The lowest BCUT2D eigenvalue weighted by atomic mass is 10.2. The molecule has 1 aromatic heterocycles. The molecule has 0 unspecified atom stereocenters. The predicted octanol–water partition coefficient (Wildman–Crippen LogP) is 0.927. The highest BCUT2D eigenvalue weighted by Crippen LogP contribution is 2.39. The molecular weight excluding hydrogens is 260 g/mol. The maximum atomic E-state index is 11.8. The van der Waals surface area contributed by atoms with Crippen LogP contribution >= 0.6 is 0 Å². The fourth-order valence-corrected chi connectivity index (χ4v) is 2.02. The Balaban J connectivity index is 1.64. The average molecular weight is 272 g/mol. The number of hydrogen-bond donors (Lipinski definition) is 2. The van der Waals surface area contributed by atoms with E-state index in [0.29, 0.717) is 12.1 Å². The molecule has 7 nitrogen and oxygen atoms in total. The third kappa shape index (κ3) is 2.37. The number of hydrogen-bond acceptors (Lipinski definition) is 4. The Morgan fingerprint density at radius 1 is 1.15 bits per heavy atom. The number of rotatable bonds is 4. The lowest BCUT2D eigenvalue weighted by Crippen LogP contribution is -2.16. The van der Waals surface area contributed by atoms with Gasteiger partial charge in [0.2, 0.25) is 5.91 Å². The number of anilines is 1. The van der Waals surface area contributed by atoms with Crippen LogP contribution in [0.25, 0.3) is 5.69 Å². The molecule has 1 amide bonds. The third-order valence-electron chi connectivity index (χ3n) is 3.23. The minimum Gasteiger partial charge on any atom is -0.481 e. The van der Waals surface area contributed by atoms with Crippen molar-refractivity contribution in [1.29, 1.82) is 0 Å². The Labute approximate surface area is 114 Å². The van der Waals surface area contributed by atoms with Crippen LogP contribution in [-0.4, -0.2) is 32.0 Å². The van der Waals surface area contributed by atoms with E-state index in [1.165, 1.54) is 4.80 Å². The van der Waals surface area contributed by atoms with Crippen molar-refractivity contribution in [3.8, 4) is 5.69 Å². The molecule has 1 aliphatic rings. The number of carbonyl (C=O) groups excluding carboxylic acids is 1. The minimum atomic E-state index is -0.912. The van der Waals surface area contributed by atoms with Gasteiger partial charge in [-0.2, -0.15) is 15.0 Å². The van der Waals surface area contributed by atoms with Crippen LogP contribution in [0.4, 0.5) is 5.69 Å². The Hall–Kier alpha value is -2.70. The fourth-order valence-electron chi connectivity index (χ4n) is 2.02. The van der Waals surface area contributed by atoms with Crippen molar-refractivity contribution < 1.29 is 14.7 Å². The third-order valence-corrected chi connectivity index (χ3v) is 3.23. The van der Waals surface area contributed by atoms with E-state index in [4.69, 9.17) is 5.11 Å². The van der Waals surface area contributed by atoms with E-state index in [-0.39, 0.29) is 5.91 Å². The number of nitrogens with one attached hydrogen (secondary N) is 1. The lowest BCUT2D eigenvalue weighted by molar-refractivity contribution is -0.139. The van der Waals surface area contributed by atoms with Gasteiger partial charge in [-0.15, -0.1) is 0 Å². The van der Waals surface area contributed by atoms with Gasteiger partial charge in [-0.25, -0.2) is 0 Å². The molecule has 1 aromatic carbocycles. The maximum Gasteiger partial charge on any atom is 0.307 e. The summed E-state index contributed by atoms with van der Waals surface area (Å²) in [6.07, 6.45) is 3.57. The second-order valence-corrected chi connectivity index (χ2v) is 4.64. The van der Waals surface area contributed by atoms with Crippen molar-refractivity contribution in [1.82, 2.24) is 15.0 Å². The normalized spacial score (nSPS) is 20.4. The van der Waals surface area contributed by atoms with Crippen molar-refractivity contribution in [2.24, 2.45) is 11.8 Å². The summed E-state index contributed by atoms with van der Waals surface area (Å²) >= 11 is 0. The molecule has 3 rings (SSSR count). The summed E-state index contributed by atoms with van der Waals surface area (Å²) < 4.78 is 0. The van der Waals surface area contributed by atoms with Gasteiger partial charge >= 0.3 is 5.97 Å². The van der Waals surface area contributed by atoms with Crippen molar-refractivity contribution in [2.45, 2.75) is 6.42 Å². The molecule has 0 radical (unpaired) electrons. The van der Waals surface area contributed by atoms with Crippen molar-refractivity contribution in [3.63, 3.8) is 0 Å². The molecule has 1 aliphatic carbocycles. The average Bonchev–Trinajstić information content (AvgIpc) is 3.07. The second kappa shape index (κ2) is 4.76. The van der Waals surface area contributed by atoms with Gasteiger partial charge in [-0.3, -0.25) is 9.59 Å². The first-order chi connectivity index (χ1) is 9.65. The molecule has 0 saturated heterocycles. The topological polar surface area (TPSA) is 97.1 Å². The molecule has 1 fully saturated rings. The van der Waals surface area contributed by atoms with Crippen molar-refractivity contribution >= 4 is 17.6 Å². The molecule has 7 heteroatoms. The molecule has 0 aliphatic heterocycles. The van der Waals surface area contributed by atoms with Crippen LogP contribution in [0.15, 0.2) is 36.7 Å². The summed E-state index contributed by atoms with van der Waals surface area (Å²) in [5.74, 6) is -2.12. The van der Waals surface area contributed by atoms with Crippen LogP contribution in [0.1, 0.15) is 6.42 Å². The smallest absolute Gasteiger partial charge is 0.307 e. The zero-order chi connectivity index (χ0) is 14.1. The summed E-state index contributed by atoms with van der Waals surface area (Å²) in [5, 5.41) is 19.5. The highest BCUT2D eigenvalue weighted by atomic mass is 16.4. The Morgan fingerprint density at radius 3 is 2.35 bits per heavy atom. The molecule has 1 heterocycles. The van der Waals surface area contributed by atoms with Crippen LogP contribution in [0.3, 0.4) is 0 Å². The lowest BCUT2D eigenvalue weighted by Gasteiger charge is -2.05. The van der Waals surface area contributed by atoms with Gasteiger partial charge < -0.3 is 10.4 Å². The quantitative estimate of drug-likeness (QED) is 0.862. The Kier molecular flexibility index (Phi) is 2.94. The number of carboxylic acid groups (broad SMARTS) is 1. The van der Waals surface area contributed by atoms with E-state index < -0.39 is 17.8 Å². The predicted molar refractivity (Wildman–Crippen MR) is 69.2 cm³/mol. The van der Waals surface area contributed by atoms with Gasteiger partial charge in [0, 0.05) is 5.69 Å². The molecule has 0 bridgehead atoms. The second-order valence-electron chi connectivity index (χ2n) is 4.64. The van der Waals surface area contributed by atoms with E-state index in [0.717, 1.165) is 5.69 Å². The highest BCUT2D eigenvalue weighted by molar-refractivity contribution is 5.98. The van der Waals surface area contributed by atoms with Crippen molar-refractivity contribution in [2.75, 3.05) is 5.32 Å². The van der Waals surface area contributed by atoms with Crippen molar-refractivity contribution in [3.05, 3.63) is 36.7 Å². The molecule has 1 saturated carbocycles. The molecule has 2 N–H and O–H groups in total. The summed E-state index contributed by atoms with van der Waals surface area (Å²) in [5.41, 5.74) is 1.41. The van der Waals surface area contributed by atoms with Crippen LogP contribution in [-0.2, 0) is 9.59 Å². The van der Waals surface area contributed by atoms with Crippen LogP contribution in [0.2, 0.25) is 0 Å². The van der Waals surface area contributed by atoms with E-state index in [1.54, 1.807) is 36.7 Å². The SMILES string of the molecule is O=C(O)[C@H]1C[C@H]1C(=O)Nc1ccc(-n2nccn2)cc1. The first-order valence-electron chi connectivity index (χ1n) is 6.15. The molecular formula is C13H12N4O3. The molecule has 0 spiro atoms. The van der Waals surface area contributed by atoms with Gasteiger partial charge in [0.25, 0.3) is 0 Å². The first-order valence-corrected chi connectivity index (χ1v) is 6.15. The monoisotopic (exact) mass is 272 g/mol. The summed E-state index contributed by atoms with van der Waals surface area (Å²) in [7, 11) is 0. The summed E-state index contributed by atoms with van der Waals surface area (Å²) in [6, 6.07) is 7.01. The molecule has 2 aromatic rings. The Morgan fingerprint density at radius 2 is 1.80 bits per heavy atom. The number of carboxylic acids is 1. The molecule has 20 heavy (non-hydrogen) atoms. The Bertz CT molecular complexity index is 636. The van der Waals surface area contributed by atoms with Gasteiger partial charge in [0.1, 0.15) is 0 Å². The molecule has 2 atom stereocenters. The van der Waals surface area contributed by atoms with Crippen LogP contribution in [0.5, 0.6) is 0 Å². The van der Waals surface area contributed by atoms with E-state index in [1.807, 2.05) is 0 Å². The van der Waals surface area contributed by atoms with E-state index in [2.05, 4.69) is 15.5 Å². The summed E-state index contributed by atoms with van der Waals surface area (Å²) in [4.78, 5) is 24.0. The first kappa shape index (κ1) is 12.3. The van der Waals surface area contributed by atoms with Crippen LogP contribution < -0.4 is 5.32 Å². The number of nitrogens with zero attached hydrogens (tertiary/aromatic N) is 3. The number of carbonyl (C=O) groups is 2. The number of benzene rings is 1. The number of aromatic nitrogens is 3. The highest BCUT2D eigenvalue weighted by Gasteiger charge is 2.48. The maximum absolute atomic E-state index is 11.8. The minimum absolute atomic E-state index is 0.248. The fraction of sp³-hybridized carbons (Fsp3) is 0.231. The van der Waals surface area contributed by atoms with Gasteiger partial charge in [0.15, 0.2) is 0 Å². The van der Waals surface area contributed by atoms with Crippen LogP contribution in [0, 0.1) is 11.8 Å². The standard InChI is InChI=1S/C13H12N4O3/c18-12(10-7-11(10)13(19)20)16-8-1-3-9(4-2-8)17-14-5-6-15-17/h1-6,10-11H,7H2,(H,16,18)(H,19,20)/t10-,11+/m1/s1. The largest absolute Gasteiger partial charge is 0.481 e. The number of aliphatic carboxylic acids is 1. The number of amides is 1.